The molecule has 2 N–H and O–H groups in total. The zero-order valence-electron chi connectivity index (χ0n) is 12.9. The maximum absolute atomic E-state index is 5.48. The molecule has 2 heterocycles. The summed E-state index contributed by atoms with van der Waals surface area (Å²) < 4.78 is 5.48. The van der Waals surface area contributed by atoms with Gasteiger partial charge in [-0.3, -0.25) is 0 Å². The predicted octanol–water partition coefficient (Wildman–Crippen LogP) is 3.33. The Kier molecular flexibility index (Phi) is 3.65. The molecule has 5 heteroatoms. The number of hydrogen-bond donors (Lipinski definition) is 2. The van der Waals surface area contributed by atoms with E-state index in [0.29, 0.717) is 11.7 Å². The Morgan fingerprint density at radius 1 is 0.957 bits per heavy atom. The van der Waals surface area contributed by atoms with Gasteiger partial charge in [0.15, 0.2) is 0 Å². The largest absolute Gasteiger partial charge is 0.337 e. The summed E-state index contributed by atoms with van der Waals surface area (Å²) in [6, 6.07) is 18.7. The minimum atomic E-state index is 0.0190. The number of aryl methyl sites for hydroxylation is 1. The van der Waals surface area contributed by atoms with Crippen LogP contribution < -0.4 is 10.9 Å². The lowest BCUT2D eigenvalue weighted by Crippen LogP contribution is -2.26. The van der Waals surface area contributed by atoms with Crippen LogP contribution in [0.2, 0.25) is 0 Å². The zero-order chi connectivity index (χ0) is 15.6. The maximum Gasteiger partial charge on any atom is 0.245 e. The number of aromatic nitrogens is 2. The molecule has 1 fully saturated rings. The van der Waals surface area contributed by atoms with Crippen molar-refractivity contribution in [2.24, 2.45) is 0 Å². The molecule has 1 saturated heterocycles. The van der Waals surface area contributed by atoms with E-state index in [1.807, 2.05) is 49.4 Å². The second-order valence-corrected chi connectivity index (χ2v) is 5.81. The molecular weight excluding hydrogens is 288 g/mol. The molecular formula is C18H18N4O. The van der Waals surface area contributed by atoms with Crippen LogP contribution in [0.15, 0.2) is 59.1 Å². The van der Waals surface area contributed by atoms with Gasteiger partial charge in [-0.1, -0.05) is 59.8 Å². The molecule has 116 valence electrons. The van der Waals surface area contributed by atoms with E-state index in [4.69, 9.17) is 4.52 Å². The van der Waals surface area contributed by atoms with Crippen LogP contribution in [0.5, 0.6) is 0 Å². The molecule has 0 aliphatic carbocycles. The molecule has 1 aliphatic rings. The fourth-order valence-electron chi connectivity index (χ4n) is 2.93. The lowest BCUT2D eigenvalue weighted by atomic mass is 10.0. The summed E-state index contributed by atoms with van der Waals surface area (Å²) in [6.07, 6.45) is 0.874. The third kappa shape index (κ3) is 2.76. The Morgan fingerprint density at radius 3 is 2.52 bits per heavy atom. The predicted molar refractivity (Wildman–Crippen MR) is 87.3 cm³/mol. The van der Waals surface area contributed by atoms with Crippen LogP contribution in [0.3, 0.4) is 0 Å². The lowest BCUT2D eigenvalue weighted by Gasteiger charge is -2.08. The van der Waals surface area contributed by atoms with Gasteiger partial charge < -0.3 is 4.52 Å². The van der Waals surface area contributed by atoms with Crippen molar-refractivity contribution in [3.8, 4) is 11.4 Å². The second-order valence-electron chi connectivity index (χ2n) is 5.81. The van der Waals surface area contributed by atoms with Crippen molar-refractivity contribution < 1.29 is 4.52 Å². The molecule has 0 saturated carbocycles. The van der Waals surface area contributed by atoms with Crippen molar-refractivity contribution in [2.45, 2.75) is 25.4 Å². The topological polar surface area (TPSA) is 63.0 Å². The summed E-state index contributed by atoms with van der Waals surface area (Å²) in [5.74, 6) is 1.26. The fourth-order valence-corrected chi connectivity index (χ4v) is 2.93. The number of nitrogens with zero attached hydrogens (tertiary/aromatic N) is 2. The Bertz CT molecular complexity index is 800. The fraction of sp³-hybridized carbons (Fsp3) is 0.222. The quantitative estimate of drug-likeness (QED) is 0.777. The van der Waals surface area contributed by atoms with Gasteiger partial charge in [-0.05, 0) is 24.5 Å². The Labute approximate surface area is 134 Å². The third-order valence-electron chi connectivity index (χ3n) is 4.23. The summed E-state index contributed by atoms with van der Waals surface area (Å²) in [5, 5.41) is 4.14. The molecule has 2 aromatic carbocycles. The highest BCUT2D eigenvalue weighted by Gasteiger charge is 2.30. The minimum absolute atomic E-state index is 0.0190. The molecule has 0 spiro atoms. The van der Waals surface area contributed by atoms with E-state index >= 15 is 0 Å². The van der Waals surface area contributed by atoms with Crippen LogP contribution in [-0.4, -0.2) is 10.1 Å². The Balaban J connectivity index is 1.53. The molecule has 3 aromatic rings. The van der Waals surface area contributed by atoms with Gasteiger partial charge in [0, 0.05) is 11.6 Å². The maximum atomic E-state index is 5.48. The number of hydrazine groups is 1. The number of rotatable bonds is 3. The standard InChI is InChI=1S/C18H18N4O/c1-12-7-5-6-10-14(12)17-19-18(23-22-17)16-11-15(20-21-16)13-8-3-2-4-9-13/h2-10,15-16,20-21H,11H2,1H3. The average Bonchev–Trinajstić information content (AvgIpc) is 3.25. The zero-order valence-corrected chi connectivity index (χ0v) is 12.9. The number of nitrogens with one attached hydrogen (secondary N) is 2. The number of hydrogen-bond acceptors (Lipinski definition) is 5. The van der Waals surface area contributed by atoms with Crippen LogP contribution in [-0.2, 0) is 0 Å². The molecule has 2 atom stereocenters. The SMILES string of the molecule is Cc1ccccc1-c1noc(C2CC(c3ccccc3)NN2)n1. The van der Waals surface area contributed by atoms with Crippen molar-refractivity contribution in [3.05, 3.63) is 71.6 Å². The first-order chi connectivity index (χ1) is 11.3. The summed E-state index contributed by atoms with van der Waals surface area (Å²) in [5.41, 5.74) is 9.96. The molecule has 0 amide bonds. The molecule has 2 unspecified atom stereocenters. The molecule has 0 bridgehead atoms. The molecule has 23 heavy (non-hydrogen) atoms. The van der Waals surface area contributed by atoms with Crippen molar-refractivity contribution in [2.75, 3.05) is 0 Å². The highest BCUT2D eigenvalue weighted by molar-refractivity contribution is 5.59. The second kappa shape index (κ2) is 5.95. The summed E-state index contributed by atoms with van der Waals surface area (Å²) in [6.45, 7) is 2.05. The first-order valence-corrected chi connectivity index (χ1v) is 7.77. The van der Waals surface area contributed by atoms with Gasteiger partial charge in [-0.2, -0.15) is 4.98 Å². The van der Waals surface area contributed by atoms with Gasteiger partial charge >= 0.3 is 0 Å². The molecule has 0 radical (unpaired) electrons. The normalized spacial score (nSPS) is 20.7. The monoisotopic (exact) mass is 306 g/mol. The summed E-state index contributed by atoms with van der Waals surface area (Å²) in [4.78, 5) is 4.57. The first kappa shape index (κ1) is 14.1. The lowest BCUT2D eigenvalue weighted by molar-refractivity contribution is 0.340. The van der Waals surface area contributed by atoms with E-state index in [9.17, 15) is 0 Å². The van der Waals surface area contributed by atoms with Crippen LogP contribution in [0, 0.1) is 6.92 Å². The van der Waals surface area contributed by atoms with Gasteiger partial charge in [0.1, 0.15) is 6.04 Å². The van der Waals surface area contributed by atoms with Crippen molar-refractivity contribution in [1.29, 1.82) is 0 Å². The average molecular weight is 306 g/mol. The van der Waals surface area contributed by atoms with Crippen LogP contribution >= 0.6 is 0 Å². The van der Waals surface area contributed by atoms with Crippen molar-refractivity contribution in [1.82, 2.24) is 21.0 Å². The first-order valence-electron chi connectivity index (χ1n) is 7.77. The van der Waals surface area contributed by atoms with Gasteiger partial charge in [-0.25, -0.2) is 10.9 Å². The Morgan fingerprint density at radius 2 is 1.70 bits per heavy atom. The van der Waals surface area contributed by atoms with E-state index in [2.05, 4.69) is 33.1 Å². The summed E-state index contributed by atoms with van der Waals surface area (Å²) >= 11 is 0. The third-order valence-corrected chi connectivity index (χ3v) is 4.23. The smallest absolute Gasteiger partial charge is 0.245 e. The highest BCUT2D eigenvalue weighted by atomic mass is 16.5. The van der Waals surface area contributed by atoms with E-state index in [1.54, 1.807) is 0 Å². The van der Waals surface area contributed by atoms with E-state index in [-0.39, 0.29) is 12.1 Å². The van der Waals surface area contributed by atoms with E-state index < -0.39 is 0 Å². The van der Waals surface area contributed by atoms with Crippen molar-refractivity contribution >= 4 is 0 Å². The van der Waals surface area contributed by atoms with Gasteiger partial charge in [0.05, 0.1) is 0 Å². The molecule has 1 aromatic heterocycles. The molecule has 4 rings (SSSR count). The van der Waals surface area contributed by atoms with E-state index in [1.165, 1.54) is 5.56 Å². The van der Waals surface area contributed by atoms with Crippen LogP contribution in [0.25, 0.3) is 11.4 Å². The van der Waals surface area contributed by atoms with Crippen molar-refractivity contribution in [3.63, 3.8) is 0 Å². The number of benzene rings is 2. The van der Waals surface area contributed by atoms with Gasteiger partial charge in [-0.15, -0.1) is 0 Å². The molecule has 5 nitrogen and oxygen atoms in total. The summed E-state index contributed by atoms with van der Waals surface area (Å²) in [7, 11) is 0. The molecule has 1 aliphatic heterocycles. The van der Waals surface area contributed by atoms with E-state index in [0.717, 1.165) is 17.5 Å². The van der Waals surface area contributed by atoms with Gasteiger partial charge in [0.25, 0.3) is 0 Å². The van der Waals surface area contributed by atoms with Crippen LogP contribution in [0.1, 0.15) is 35.5 Å². The Hall–Kier alpha value is -2.50. The van der Waals surface area contributed by atoms with Gasteiger partial charge in [0.2, 0.25) is 11.7 Å². The van der Waals surface area contributed by atoms with Crippen LogP contribution in [0.4, 0.5) is 0 Å². The minimum Gasteiger partial charge on any atom is -0.337 e. The highest BCUT2D eigenvalue weighted by Crippen LogP contribution is 2.31.